The molecule has 8 rings (SSSR count). The van der Waals surface area contributed by atoms with Gasteiger partial charge in [0.1, 0.15) is 0 Å². The molecule has 0 atom stereocenters. The Labute approximate surface area is 302 Å². The van der Waals surface area contributed by atoms with Crippen molar-refractivity contribution in [3.8, 4) is 22.3 Å². The Morgan fingerprint density at radius 1 is 0.490 bits per heavy atom. The molecule has 0 radical (unpaired) electrons. The predicted molar refractivity (Wildman–Crippen MR) is 224 cm³/mol. The van der Waals surface area contributed by atoms with Gasteiger partial charge in [-0.2, -0.15) is 0 Å². The molecule has 1 aliphatic carbocycles. The molecule has 7 aromatic rings. The largest absolute Gasteiger partial charge is 0.0911 e. The van der Waals surface area contributed by atoms with Crippen molar-refractivity contribution in [2.45, 2.75) is 26.1 Å². The summed E-state index contributed by atoms with van der Waals surface area (Å²) in [4.78, 5) is 0. The molecule has 0 spiro atoms. The molecule has 51 heavy (non-hydrogen) atoms. The number of fused-ring (bicyclic) bond motifs is 3. The van der Waals surface area contributed by atoms with E-state index in [0.717, 1.165) is 12.0 Å². The van der Waals surface area contributed by atoms with Crippen molar-refractivity contribution < 1.29 is 0 Å². The van der Waals surface area contributed by atoms with E-state index < -0.39 is 8.07 Å². The van der Waals surface area contributed by atoms with Crippen LogP contribution in [0.5, 0.6) is 0 Å². The molecule has 246 valence electrons. The van der Waals surface area contributed by atoms with E-state index in [0.29, 0.717) is 0 Å². The van der Waals surface area contributed by atoms with Crippen molar-refractivity contribution in [3.63, 3.8) is 0 Å². The minimum absolute atomic E-state index is 0.821. The summed E-state index contributed by atoms with van der Waals surface area (Å²) in [6.45, 7) is 11.9. The molecule has 0 unspecified atom stereocenters. The lowest BCUT2D eigenvalue weighted by atomic mass is 9.89. The zero-order valence-corrected chi connectivity index (χ0v) is 30.7. The molecular formula is C50H42Si. The molecule has 1 aliphatic rings. The lowest BCUT2D eigenvalue weighted by Crippen LogP contribution is -2.38. The van der Waals surface area contributed by atoms with Gasteiger partial charge in [-0.15, -0.1) is 0 Å². The highest BCUT2D eigenvalue weighted by molar-refractivity contribution is 6.88. The zero-order chi connectivity index (χ0) is 35.0. The van der Waals surface area contributed by atoms with Crippen molar-refractivity contribution in [2.24, 2.45) is 0 Å². The minimum Gasteiger partial charge on any atom is -0.0911 e. The van der Waals surface area contributed by atoms with E-state index >= 15 is 0 Å². The van der Waals surface area contributed by atoms with Gasteiger partial charge in [0.05, 0.1) is 8.07 Å². The summed E-state index contributed by atoms with van der Waals surface area (Å²) in [6.07, 6.45) is 9.55. The van der Waals surface area contributed by atoms with E-state index in [9.17, 15) is 0 Å². The van der Waals surface area contributed by atoms with E-state index in [-0.39, 0.29) is 0 Å². The molecule has 0 nitrogen and oxygen atoms in total. The quantitative estimate of drug-likeness (QED) is 0.160. The summed E-state index contributed by atoms with van der Waals surface area (Å²) in [5.74, 6) is 0. The fraction of sp³-hybridized carbons (Fsp3) is 0.0800. The summed E-state index contributed by atoms with van der Waals surface area (Å²) in [5, 5.41) is 8.95. The third-order valence-electron chi connectivity index (χ3n) is 10.2. The van der Waals surface area contributed by atoms with Crippen LogP contribution in [0.3, 0.4) is 0 Å². The number of hydrogen-bond acceptors (Lipinski definition) is 0. The molecule has 0 N–H and O–H groups in total. The first-order valence-electron chi connectivity index (χ1n) is 17.9. The number of allylic oxidation sites excluding steroid dienone is 5. The van der Waals surface area contributed by atoms with Gasteiger partial charge in [0.2, 0.25) is 0 Å². The third kappa shape index (κ3) is 6.49. The second-order valence-electron chi connectivity index (χ2n) is 14.6. The van der Waals surface area contributed by atoms with E-state index in [1.54, 1.807) is 0 Å². The Hall–Kier alpha value is -5.76. The Balaban J connectivity index is 1.33. The molecule has 0 heterocycles. The van der Waals surface area contributed by atoms with E-state index in [1.807, 2.05) is 0 Å². The second-order valence-corrected chi connectivity index (χ2v) is 19.7. The van der Waals surface area contributed by atoms with E-state index in [4.69, 9.17) is 0 Å². The predicted octanol–water partition coefficient (Wildman–Crippen LogP) is 11.3. The van der Waals surface area contributed by atoms with Gasteiger partial charge in [0.25, 0.3) is 0 Å². The smallest absolute Gasteiger partial charge is 0.0776 e. The molecule has 0 aromatic heterocycles. The SMILES string of the molecule is C=C1/C=C\C=C/C/C(c2ccc3cccc(-c4cccc(-c5ccc6ccccc6c5)c4)c3c2)=c2/ccccc2=C1c1cccc([Si](C)(C)C)c1. The van der Waals surface area contributed by atoms with Gasteiger partial charge in [0.15, 0.2) is 0 Å². The standard InChI is InChI=1S/C50H42Si/c1-35-15-6-5-7-23-45(47-24-10-11-25-48(47)50(35)43-21-13-22-44(33-43)51(2,3)4)42-30-28-37-18-14-26-46(49(37)34-42)41-20-12-19-39(32-41)40-29-27-36-16-8-9-17-38(36)31-40/h5-22,24-34H,1,23H2,2-4H3/b7-5-,15-6-,47-45+,50-48?. The lowest BCUT2D eigenvalue weighted by Gasteiger charge is -2.19. The zero-order valence-electron chi connectivity index (χ0n) is 29.7. The van der Waals surface area contributed by atoms with Crippen LogP contribution < -0.4 is 15.6 Å². The second kappa shape index (κ2) is 13.5. The fourth-order valence-corrected chi connectivity index (χ4v) is 8.65. The third-order valence-corrected chi connectivity index (χ3v) is 12.3. The van der Waals surface area contributed by atoms with Gasteiger partial charge in [-0.05, 0) is 107 Å². The molecule has 7 aromatic carbocycles. The highest BCUT2D eigenvalue weighted by Crippen LogP contribution is 2.34. The van der Waals surface area contributed by atoms with Crippen LogP contribution in [0.4, 0.5) is 0 Å². The van der Waals surface area contributed by atoms with Crippen molar-refractivity contribution in [2.75, 3.05) is 0 Å². The van der Waals surface area contributed by atoms with Crippen LogP contribution in [-0.4, -0.2) is 8.07 Å². The van der Waals surface area contributed by atoms with Crippen LogP contribution in [0.1, 0.15) is 17.5 Å². The molecule has 1 heteroatoms. The molecule has 0 saturated carbocycles. The summed E-state index contributed by atoms with van der Waals surface area (Å²) in [7, 11) is -1.52. The Morgan fingerprint density at radius 2 is 1.16 bits per heavy atom. The van der Waals surface area contributed by atoms with Crippen LogP contribution >= 0.6 is 0 Å². The Bertz CT molecular complexity index is 2660. The van der Waals surface area contributed by atoms with Gasteiger partial charge in [-0.3, -0.25) is 0 Å². The van der Waals surface area contributed by atoms with Crippen LogP contribution in [0.2, 0.25) is 19.6 Å². The van der Waals surface area contributed by atoms with Crippen LogP contribution in [0.25, 0.3) is 54.9 Å². The maximum absolute atomic E-state index is 4.61. The van der Waals surface area contributed by atoms with Crippen molar-refractivity contribution >= 4 is 46.0 Å². The van der Waals surface area contributed by atoms with Crippen LogP contribution in [0, 0.1) is 0 Å². The first-order valence-corrected chi connectivity index (χ1v) is 21.4. The maximum Gasteiger partial charge on any atom is 0.0776 e. The Morgan fingerprint density at radius 3 is 2.02 bits per heavy atom. The van der Waals surface area contributed by atoms with Gasteiger partial charge in [-0.25, -0.2) is 0 Å². The van der Waals surface area contributed by atoms with Gasteiger partial charge in [-0.1, -0.05) is 189 Å². The van der Waals surface area contributed by atoms with E-state index in [1.165, 1.54) is 81.7 Å². The number of rotatable bonds is 5. The monoisotopic (exact) mass is 670 g/mol. The Kier molecular flexibility index (Phi) is 8.59. The molecule has 0 fully saturated rings. The van der Waals surface area contributed by atoms with Crippen LogP contribution in [-0.2, 0) is 0 Å². The molecular weight excluding hydrogens is 629 g/mol. The maximum atomic E-state index is 4.61. The molecule has 0 bridgehead atoms. The fourth-order valence-electron chi connectivity index (χ4n) is 7.47. The summed E-state index contributed by atoms with van der Waals surface area (Å²) in [6, 6.07) is 56.1. The first-order chi connectivity index (χ1) is 24.8. The summed E-state index contributed by atoms with van der Waals surface area (Å²) < 4.78 is 0. The first kappa shape index (κ1) is 32.4. The normalized spacial score (nSPS) is 15.8. The average molecular weight is 671 g/mol. The average Bonchev–Trinajstić information content (AvgIpc) is 3.16. The molecule has 0 amide bonds. The minimum atomic E-state index is -1.52. The molecule has 0 saturated heterocycles. The van der Waals surface area contributed by atoms with Crippen molar-refractivity contribution in [1.82, 2.24) is 0 Å². The topological polar surface area (TPSA) is 0 Å². The summed E-state index contributed by atoms with van der Waals surface area (Å²) >= 11 is 0. The number of benzene rings is 7. The van der Waals surface area contributed by atoms with Crippen molar-refractivity contribution in [3.05, 3.63) is 210 Å². The van der Waals surface area contributed by atoms with Gasteiger partial charge in [0, 0.05) is 0 Å². The number of hydrogen-bond donors (Lipinski definition) is 0. The van der Waals surface area contributed by atoms with Gasteiger partial charge < -0.3 is 0 Å². The highest BCUT2D eigenvalue weighted by Gasteiger charge is 2.18. The van der Waals surface area contributed by atoms with Crippen LogP contribution in [0.15, 0.2) is 188 Å². The lowest BCUT2D eigenvalue weighted by molar-refractivity contribution is 1.32. The molecule has 0 aliphatic heterocycles. The van der Waals surface area contributed by atoms with Crippen molar-refractivity contribution in [1.29, 1.82) is 0 Å². The highest BCUT2D eigenvalue weighted by atomic mass is 28.3. The summed E-state index contributed by atoms with van der Waals surface area (Å²) in [5.41, 5.74) is 10.9. The van der Waals surface area contributed by atoms with Gasteiger partial charge >= 0.3 is 0 Å². The van der Waals surface area contributed by atoms with E-state index in [2.05, 4.69) is 202 Å².